The van der Waals surface area contributed by atoms with Crippen LogP contribution < -0.4 is 0 Å². The lowest BCUT2D eigenvalue weighted by atomic mass is 10.0. The number of phosphoric ester groups is 1. The van der Waals surface area contributed by atoms with Crippen molar-refractivity contribution in [2.24, 2.45) is 0 Å². The summed E-state index contributed by atoms with van der Waals surface area (Å²) in [7, 11) is -4.76. The molecule has 0 aromatic carbocycles. The molecule has 2 N–H and O–H groups in total. The topological polar surface area (TPSA) is 155 Å². The molecule has 0 aliphatic heterocycles. The van der Waals surface area contributed by atoms with Crippen LogP contribution in [0.4, 0.5) is 0 Å². The van der Waals surface area contributed by atoms with Gasteiger partial charge in [0.15, 0.2) is 6.10 Å². The summed E-state index contributed by atoms with van der Waals surface area (Å²) in [6.07, 6.45) is 63.9. The molecule has 0 saturated carbocycles. The van der Waals surface area contributed by atoms with Crippen LogP contribution in [0.5, 0.6) is 0 Å². The Morgan fingerprint density at radius 3 is 1.15 bits per heavy atom. The number of carbonyl (C=O) groups excluding carboxylic acids is 3. The van der Waals surface area contributed by atoms with Gasteiger partial charge in [0.2, 0.25) is 0 Å². The van der Waals surface area contributed by atoms with E-state index >= 15 is 0 Å². The summed E-state index contributed by atoms with van der Waals surface area (Å²) in [6, 6.07) is 0. The van der Waals surface area contributed by atoms with Gasteiger partial charge in [0, 0.05) is 19.3 Å². The molecule has 0 saturated heterocycles. The maximum absolute atomic E-state index is 12.9. The number of carbonyl (C=O) groups is 3. The number of ether oxygens (including phenoxy) is 3. The fraction of sp³-hybridized carbons (Fsp3) is 0.726. The van der Waals surface area contributed by atoms with E-state index in [4.69, 9.17) is 23.3 Å². The monoisotopic (exact) mass is 1060 g/mol. The lowest BCUT2D eigenvalue weighted by Crippen LogP contribution is -2.30. The lowest BCUT2D eigenvalue weighted by molar-refractivity contribution is -0.161. The van der Waals surface area contributed by atoms with E-state index in [1.807, 2.05) is 0 Å². The molecule has 0 aromatic heterocycles. The zero-order valence-electron chi connectivity index (χ0n) is 47.0. The minimum Gasteiger partial charge on any atom is -0.462 e. The van der Waals surface area contributed by atoms with E-state index in [1.165, 1.54) is 77.0 Å². The standard InChI is InChI=1S/C62H107O11P/c1-4-7-10-13-16-19-22-25-27-28-29-30-32-35-38-41-44-47-50-53-62(66)73-59(55-69-60(64)51-48-45-42-39-36-33-24-21-18-15-12-9-6-3)57-71-74(67,68)70-56-58(54-63)72-61(65)52-49-46-43-40-37-34-31-26-23-20-17-14-11-8-5-2/h7,10,12,15-16,19,21,24-25,27,29-30,35,38,58-59,63H,4-6,8-9,11,13-14,17-18,20,22-23,26,28,31-34,36-37,39-57H2,1-3H3,(H,67,68)/b10-7-,15-12-,19-16-,24-21-,27-25-,30-29-,38-35-. The summed E-state index contributed by atoms with van der Waals surface area (Å²) in [5.41, 5.74) is 0. The molecule has 74 heavy (non-hydrogen) atoms. The quantitative estimate of drug-likeness (QED) is 0.0197. The minimum atomic E-state index is -4.76. The van der Waals surface area contributed by atoms with Gasteiger partial charge in [-0.1, -0.05) is 228 Å². The number of esters is 3. The van der Waals surface area contributed by atoms with Crippen molar-refractivity contribution in [2.45, 2.75) is 264 Å². The van der Waals surface area contributed by atoms with Gasteiger partial charge in [-0.2, -0.15) is 0 Å². The van der Waals surface area contributed by atoms with Crippen LogP contribution in [0.25, 0.3) is 0 Å². The molecule has 0 amide bonds. The third-order valence-corrected chi connectivity index (χ3v) is 13.2. The van der Waals surface area contributed by atoms with Crippen molar-refractivity contribution in [2.75, 3.05) is 26.4 Å². The highest BCUT2D eigenvalue weighted by Gasteiger charge is 2.28. The molecule has 0 aromatic rings. The van der Waals surface area contributed by atoms with Crippen LogP contribution in [-0.2, 0) is 42.2 Å². The molecule has 12 heteroatoms. The second-order valence-electron chi connectivity index (χ2n) is 19.4. The molecule has 0 aliphatic rings. The van der Waals surface area contributed by atoms with Gasteiger partial charge in [0.1, 0.15) is 12.7 Å². The van der Waals surface area contributed by atoms with Gasteiger partial charge in [0.05, 0.1) is 19.8 Å². The Kier molecular flexibility index (Phi) is 53.4. The summed E-state index contributed by atoms with van der Waals surface area (Å²) in [6.45, 7) is 4.43. The first kappa shape index (κ1) is 70.7. The SMILES string of the molecule is CC/C=C\C/C=C\C/C=C\C/C=C\C/C=C\CCCCCC(=O)OC(COC(=O)CCCCCCC/C=C\C/C=C\CCC)COP(=O)(O)OCC(CO)OC(=O)CCCCCCCCCCCCCCCCC. The van der Waals surface area contributed by atoms with Crippen molar-refractivity contribution in [3.63, 3.8) is 0 Å². The average molecular weight is 1060 g/mol. The number of aliphatic hydroxyl groups is 1. The van der Waals surface area contributed by atoms with Gasteiger partial charge in [0.25, 0.3) is 0 Å². The van der Waals surface area contributed by atoms with E-state index in [9.17, 15) is 28.9 Å². The predicted molar refractivity (Wildman–Crippen MR) is 307 cm³/mol. The van der Waals surface area contributed by atoms with Crippen LogP contribution >= 0.6 is 7.82 Å². The molecule has 0 radical (unpaired) electrons. The first-order valence-electron chi connectivity index (χ1n) is 29.5. The minimum absolute atomic E-state index is 0.123. The molecular weight excluding hydrogens is 952 g/mol. The maximum atomic E-state index is 12.9. The van der Waals surface area contributed by atoms with Crippen molar-refractivity contribution in [1.82, 2.24) is 0 Å². The molecule has 0 rings (SSSR count). The predicted octanol–water partition coefficient (Wildman–Crippen LogP) is 17.5. The molecule has 0 heterocycles. The van der Waals surface area contributed by atoms with Crippen LogP contribution in [0, 0.1) is 0 Å². The normalized spacial score (nSPS) is 14.0. The molecule has 11 nitrogen and oxygen atoms in total. The van der Waals surface area contributed by atoms with Crippen molar-refractivity contribution in [3.05, 3.63) is 85.1 Å². The Labute approximate surface area is 451 Å². The lowest BCUT2D eigenvalue weighted by Gasteiger charge is -2.21. The van der Waals surface area contributed by atoms with Gasteiger partial charge in [-0.25, -0.2) is 4.57 Å². The zero-order chi connectivity index (χ0) is 54.1. The Morgan fingerprint density at radius 2 is 0.730 bits per heavy atom. The van der Waals surface area contributed by atoms with Gasteiger partial charge in [-0.3, -0.25) is 23.4 Å². The van der Waals surface area contributed by atoms with Crippen LogP contribution in [-0.4, -0.2) is 66.5 Å². The molecular formula is C62H107O11P. The highest BCUT2D eigenvalue weighted by Crippen LogP contribution is 2.43. The fourth-order valence-electron chi connectivity index (χ4n) is 7.83. The summed E-state index contributed by atoms with van der Waals surface area (Å²) >= 11 is 0. The van der Waals surface area contributed by atoms with E-state index in [0.717, 1.165) is 116 Å². The van der Waals surface area contributed by atoms with Crippen LogP contribution in [0.3, 0.4) is 0 Å². The summed E-state index contributed by atoms with van der Waals surface area (Å²) in [5.74, 6) is -1.52. The highest BCUT2D eigenvalue weighted by molar-refractivity contribution is 7.47. The van der Waals surface area contributed by atoms with E-state index < -0.39 is 57.8 Å². The van der Waals surface area contributed by atoms with E-state index in [-0.39, 0.29) is 25.9 Å². The third-order valence-electron chi connectivity index (χ3n) is 12.3. The van der Waals surface area contributed by atoms with Gasteiger partial charge in [-0.05, 0) is 89.9 Å². The van der Waals surface area contributed by atoms with Gasteiger partial charge >= 0.3 is 25.7 Å². The molecule has 3 unspecified atom stereocenters. The van der Waals surface area contributed by atoms with E-state index in [2.05, 4.69) is 106 Å². The number of phosphoric acid groups is 1. The van der Waals surface area contributed by atoms with Gasteiger partial charge < -0.3 is 24.2 Å². The van der Waals surface area contributed by atoms with E-state index in [1.54, 1.807) is 0 Å². The second kappa shape index (κ2) is 55.9. The molecule has 0 spiro atoms. The van der Waals surface area contributed by atoms with Crippen LogP contribution in [0.15, 0.2) is 85.1 Å². The number of hydrogen-bond donors (Lipinski definition) is 2. The Morgan fingerprint density at radius 1 is 0.392 bits per heavy atom. The van der Waals surface area contributed by atoms with Crippen molar-refractivity contribution in [3.8, 4) is 0 Å². The first-order valence-corrected chi connectivity index (χ1v) is 31.0. The molecule has 0 fully saturated rings. The number of aliphatic hydroxyl groups excluding tert-OH is 1. The van der Waals surface area contributed by atoms with Gasteiger partial charge in [-0.15, -0.1) is 0 Å². The van der Waals surface area contributed by atoms with E-state index in [0.29, 0.717) is 19.3 Å². The maximum Gasteiger partial charge on any atom is 0.472 e. The summed E-state index contributed by atoms with van der Waals surface area (Å²) < 4.78 is 39.5. The van der Waals surface area contributed by atoms with Crippen molar-refractivity contribution >= 4 is 25.7 Å². The van der Waals surface area contributed by atoms with Crippen molar-refractivity contribution in [1.29, 1.82) is 0 Å². The van der Waals surface area contributed by atoms with Crippen LogP contribution in [0.2, 0.25) is 0 Å². The smallest absolute Gasteiger partial charge is 0.462 e. The summed E-state index contributed by atoms with van der Waals surface area (Å²) in [4.78, 5) is 48.5. The number of unbranched alkanes of at least 4 members (excludes halogenated alkanes) is 23. The Bertz CT molecular complexity index is 1560. The molecule has 0 aliphatic carbocycles. The fourth-order valence-corrected chi connectivity index (χ4v) is 8.62. The first-order chi connectivity index (χ1) is 36.2. The zero-order valence-corrected chi connectivity index (χ0v) is 47.9. The van der Waals surface area contributed by atoms with Crippen molar-refractivity contribution < 1.29 is 52.2 Å². The third kappa shape index (κ3) is 53.5. The second-order valence-corrected chi connectivity index (χ2v) is 20.9. The average Bonchev–Trinajstić information content (AvgIpc) is 3.39. The molecule has 3 atom stereocenters. The molecule has 0 bridgehead atoms. The number of rotatable bonds is 54. The molecule has 426 valence electrons. The number of allylic oxidation sites excluding steroid dienone is 14. The highest BCUT2D eigenvalue weighted by atomic mass is 31.2. The Balaban J connectivity index is 4.77. The summed E-state index contributed by atoms with van der Waals surface area (Å²) in [5, 5.41) is 9.82. The largest absolute Gasteiger partial charge is 0.472 e. The Hall–Kier alpha value is -3.34. The van der Waals surface area contributed by atoms with Crippen LogP contribution in [0.1, 0.15) is 252 Å². The number of hydrogen-bond acceptors (Lipinski definition) is 10.